The van der Waals surface area contributed by atoms with Gasteiger partial charge < -0.3 is 4.74 Å². The van der Waals surface area contributed by atoms with Crippen LogP contribution in [0.2, 0.25) is 0 Å². The van der Waals surface area contributed by atoms with Crippen LogP contribution in [0.15, 0.2) is 0 Å². The Balaban J connectivity index is 3.06. The van der Waals surface area contributed by atoms with Crippen LogP contribution in [0.5, 0.6) is 0 Å². The molecule has 0 aromatic heterocycles. The lowest BCUT2D eigenvalue weighted by atomic mass is 10.2. The van der Waals surface area contributed by atoms with Gasteiger partial charge >= 0.3 is 5.30 Å². The highest BCUT2D eigenvalue weighted by Crippen LogP contribution is 2.00. The molecule has 0 amide bonds. The van der Waals surface area contributed by atoms with E-state index in [0.29, 0.717) is 6.61 Å². The highest BCUT2D eigenvalue weighted by Gasteiger charge is 1.96. The second-order valence-electron chi connectivity index (χ2n) is 1.12. The van der Waals surface area contributed by atoms with Gasteiger partial charge in [-0.3, -0.25) is 0 Å². The Morgan fingerprint density at radius 2 is 2.50 bits per heavy atom. The minimum absolute atomic E-state index is 0.171. The zero-order chi connectivity index (χ0) is 6.41. The first-order valence-corrected chi connectivity index (χ1v) is 3.59. The van der Waals surface area contributed by atoms with E-state index in [2.05, 4.69) is 4.74 Å². The predicted molar refractivity (Wildman–Crippen MR) is 38.0 cm³/mol. The van der Waals surface area contributed by atoms with Crippen LogP contribution in [0.25, 0.3) is 0 Å². The Bertz CT molecular complexity index is 68.4. The quantitative estimate of drug-likeness (QED) is 0.403. The molecule has 0 N–H and O–H groups in total. The van der Waals surface area contributed by atoms with Crippen LogP contribution in [0.4, 0.5) is 4.79 Å². The van der Waals surface area contributed by atoms with E-state index in [9.17, 15) is 4.79 Å². The SMILES string of the molecule is BCSC(=O)OCC. The average molecular weight is 132 g/mol. The fourth-order valence-electron chi connectivity index (χ4n) is 0.277. The molecular weight excluding hydrogens is 123 g/mol. The third-order valence-corrected chi connectivity index (χ3v) is 1.17. The molecule has 4 heteroatoms. The van der Waals surface area contributed by atoms with Gasteiger partial charge in [-0.15, -0.1) is 0 Å². The van der Waals surface area contributed by atoms with E-state index < -0.39 is 0 Å². The number of carbonyl (C=O) groups excluding carboxylic acids is 1. The van der Waals surface area contributed by atoms with Crippen molar-refractivity contribution in [3.05, 3.63) is 0 Å². The molecule has 0 unspecified atom stereocenters. The first-order chi connectivity index (χ1) is 3.81. The average Bonchev–Trinajstić information content (AvgIpc) is 1.68. The molecule has 0 aliphatic rings. The van der Waals surface area contributed by atoms with Gasteiger partial charge in [-0.05, 0) is 12.6 Å². The Morgan fingerprint density at radius 1 is 1.88 bits per heavy atom. The molecule has 0 rings (SSSR count). The van der Waals surface area contributed by atoms with Crippen molar-refractivity contribution in [2.24, 2.45) is 0 Å². The molecule has 0 saturated heterocycles. The van der Waals surface area contributed by atoms with Gasteiger partial charge in [0.1, 0.15) is 7.85 Å². The highest BCUT2D eigenvalue weighted by atomic mass is 32.2. The smallest absolute Gasteiger partial charge is 0.366 e. The molecule has 0 heterocycles. The summed E-state index contributed by atoms with van der Waals surface area (Å²) < 4.78 is 4.61. The van der Waals surface area contributed by atoms with Crippen molar-refractivity contribution in [1.82, 2.24) is 0 Å². The third-order valence-electron chi connectivity index (χ3n) is 0.524. The molecular formula is C4H9BO2S. The number of thioether (sulfide) groups is 1. The number of rotatable bonds is 2. The van der Waals surface area contributed by atoms with Crippen LogP contribution >= 0.6 is 11.8 Å². The molecule has 0 fully saturated rings. The van der Waals surface area contributed by atoms with Gasteiger partial charge in [-0.2, -0.15) is 0 Å². The molecule has 0 aromatic rings. The second kappa shape index (κ2) is 5.03. The van der Waals surface area contributed by atoms with E-state index >= 15 is 0 Å². The summed E-state index contributed by atoms with van der Waals surface area (Å²) in [7, 11) is 1.92. The molecule has 0 aromatic carbocycles. The van der Waals surface area contributed by atoms with Crippen LogP contribution in [-0.2, 0) is 4.74 Å². The van der Waals surface area contributed by atoms with E-state index in [1.165, 1.54) is 11.8 Å². The molecule has 0 atom stereocenters. The predicted octanol–water partition coefficient (Wildman–Crippen LogP) is 0.467. The van der Waals surface area contributed by atoms with Crippen LogP contribution in [0.3, 0.4) is 0 Å². The van der Waals surface area contributed by atoms with Gasteiger partial charge in [0.15, 0.2) is 0 Å². The summed E-state index contributed by atoms with van der Waals surface area (Å²) in [5, 5.41) is -0.171. The lowest BCUT2D eigenvalue weighted by Gasteiger charge is -1.95. The van der Waals surface area contributed by atoms with Gasteiger partial charge in [0.2, 0.25) is 0 Å². The molecule has 0 spiro atoms. The summed E-state index contributed by atoms with van der Waals surface area (Å²) in [6.45, 7) is 2.28. The summed E-state index contributed by atoms with van der Waals surface area (Å²) in [5.74, 6) is 0. The van der Waals surface area contributed by atoms with Crippen molar-refractivity contribution in [1.29, 1.82) is 0 Å². The van der Waals surface area contributed by atoms with Gasteiger partial charge in [0.25, 0.3) is 0 Å². The highest BCUT2D eigenvalue weighted by molar-refractivity contribution is 8.14. The summed E-state index contributed by atoms with van der Waals surface area (Å²) in [6, 6.07) is 0. The fraction of sp³-hybridized carbons (Fsp3) is 0.750. The van der Waals surface area contributed by atoms with Crippen molar-refractivity contribution >= 4 is 24.9 Å². The maximum Gasteiger partial charge on any atom is 0.366 e. The molecule has 2 nitrogen and oxygen atoms in total. The van der Waals surface area contributed by atoms with E-state index in [-0.39, 0.29) is 5.30 Å². The second-order valence-corrected chi connectivity index (χ2v) is 2.32. The standard InChI is InChI=1S/C4H9BO2S/c1-2-7-4(6)8-3-5/h2-3,5H2,1H3. The van der Waals surface area contributed by atoms with Gasteiger partial charge in [0, 0.05) is 0 Å². The molecule has 0 bridgehead atoms. The van der Waals surface area contributed by atoms with Gasteiger partial charge in [-0.25, -0.2) is 4.79 Å². The number of ether oxygens (including phenoxy) is 1. The summed E-state index contributed by atoms with van der Waals surface area (Å²) >= 11 is 1.19. The van der Waals surface area contributed by atoms with Crippen LogP contribution in [0, 0.1) is 0 Å². The van der Waals surface area contributed by atoms with Crippen molar-refractivity contribution < 1.29 is 9.53 Å². The van der Waals surface area contributed by atoms with Gasteiger partial charge in [-0.1, -0.05) is 11.8 Å². The van der Waals surface area contributed by atoms with Crippen LogP contribution in [0.1, 0.15) is 6.92 Å². The summed E-state index contributed by atoms with van der Waals surface area (Å²) in [5.41, 5.74) is 0.791. The number of hydrogen-bond acceptors (Lipinski definition) is 3. The van der Waals surface area contributed by atoms with Crippen LogP contribution in [-0.4, -0.2) is 25.4 Å². The largest absolute Gasteiger partial charge is 0.458 e. The van der Waals surface area contributed by atoms with Gasteiger partial charge in [0.05, 0.1) is 6.61 Å². The minimum Gasteiger partial charge on any atom is -0.458 e. The first kappa shape index (κ1) is 7.88. The minimum atomic E-state index is -0.171. The maximum absolute atomic E-state index is 10.4. The third kappa shape index (κ3) is 4.05. The zero-order valence-corrected chi connectivity index (χ0v) is 5.96. The van der Waals surface area contributed by atoms with Crippen molar-refractivity contribution in [3.63, 3.8) is 0 Å². The van der Waals surface area contributed by atoms with Crippen LogP contribution < -0.4 is 0 Å². The topological polar surface area (TPSA) is 26.3 Å². The molecule has 0 radical (unpaired) electrons. The Hall–Kier alpha value is -0.115. The normalized spacial score (nSPS) is 8.62. The van der Waals surface area contributed by atoms with E-state index in [4.69, 9.17) is 0 Å². The van der Waals surface area contributed by atoms with Crippen molar-refractivity contribution in [3.8, 4) is 0 Å². The molecule has 0 aliphatic heterocycles. The lowest BCUT2D eigenvalue weighted by molar-refractivity contribution is 0.181. The fourth-order valence-corrected chi connectivity index (χ4v) is 0.714. The zero-order valence-electron chi connectivity index (χ0n) is 5.14. The number of hydrogen-bond donors (Lipinski definition) is 0. The van der Waals surface area contributed by atoms with Crippen molar-refractivity contribution in [2.45, 2.75) is 6.92 Å². The Kier molecular flexibility index (Phi) is 4.96. The van der Waals surface area contributed by atoms with Crippen molar-refractivity contribution in [2.75, 3.05) is 12.3 Å². The van der Waals surface area contributed by atoms with E-state index in [0.717, 1.165) is 5.65 Å². The summed E-state index contributed by atoms with van der Waals surface area (Å²) in [4.78, 5) is 10.4. The monoisotopic (exact) mass is 132 g/mol. The lowest BCUT2D eigenvalue weighted by Crippen LogP contribution is -1.96. The number of carbonyl (C=O) groups is 1. The Labute approximate surface area is 54.4 Å². The first-order valence-electron chi connectivity index (χ1n) is 2.60. The molecule has 46 valence electrons. The Morgan fingerprint density at radius 3 is 2.88 bits per heavy atom. The van der Waals surface area contributed by atoms with E-state index in [1.54, 1.807) is 6.92 Å². The van der Waals surface area contributed by atoms with E-state index in [1.807, 2.05) is 7.85 Å². The molecule has 0 aliphatic carbocycles. The maximum atomic E-state index is 10.4. The molecule has 0 saturated carbocycles. The summed E-state index contributed by atoms with van der Waals surface area (Å²) in [6.07, 6.45) is 0. The molecule has 8 heavy (non-hydrogen) atoms.